The Balaban J connectivity index is 1.37. The first-order chi connectivity index (χ1) is 24.3. The van der Waals surface area contributed by atoms with Gasteiger partial charge in [-0.3, -0.25) is 0 Å². The van der Waals surface area contributed by atoms with E-state index in [0.717, 1.165) is 5.39 Å². The normalized spacial score (nSPS) is 13.5. The van der Waals surface area contributed by atoms with Crippen LogP contribution in [0.5, 0.6) is 0 Å². The average molecular weight is 572 g/mol. The number of nitrogens with zero attached hydrogens (tertiary/aromatic N) is 3. The summed E-state index contributed by atoms with van der Waals surface area (Å²) < 4.78 is 67.0. The van der Waals surface area contributed by atoms with Gasteiger partial charge in [-0.1, -0.05) is 109 Å². The van der Waals surface area contributed by atoms with E-state index in [2.05, 4.69) is 0 Å². The fraction of sp³-hybridized carbons (Fsp3) is 0. The molecule has 0 amide bonds. The van der Waals surface area contributed by atoms with Crippen LogP contribution in [-0.2, 0) is 0 Å². The number of hydrogen-bond acceptors (Lipinski definition) is 5. The standard InChI is InChI=1S/C39H23N3O2/c1-3-11-24(12-4-1)37-40-38(25-13-5-2-6-14-25)42-39(41-37)26-21-22-30-34(23-26)44-33-20-10-17-28(36(30)33)27-16-9-19-32-35(27)29-15-7-8-18-31(29)43-32/h1-23H/i10D,17D,20D,21D,22D,23D. The maximum Gasteiger partial charge on any atom is 0.164 e. The molecule has 0 atom stereocenters. The molecule has 9 aromatic rings. The number of rotatable bonds is 4. The third-order valence-electron chi connectivity index (χ3n) is 7.67. The highest BCUT2D eigenvalue weighted by atomic mass is 16.3. The largest absolute Gasteiger partial charge is 0.456 e. The summed E-state index contributed by atoms with van der Waals surface area (Å²) in [7, 11) is 0. The van der Waals surface area contributed by atoms with E-state index in [1.54, 1.807) is 12.1 Å². The molecular formula is C39H23N3O2. The predicted molar refractivity (Wildman–Crippen MR) is 176 cm³/mol. The monoisotopic (exact) mass is 571 g/mol. The van der Waals surface area contributed by atoms with Gasteiger partial charge in [-0.25, -0.2) is 15.0 Å². The van der Waals surface area contributed by atoms with Crippen LogP contribution in [0.3, 0.4) is 0 Å². The number of hydrogen-bond donors (Lipinski definition) is 0. The van der Waals surface area contributed by atoms with Crippen molar-refractivity contribution in [1.82, 2.24) is 15.0 Å². The summed E-state index contributed by atoms with van der Waals surface area (Å²) in [5.41, 5.74) is 3.29. The van der Waals surface area contributed by atoms with Crippen LogP contribution in [0.4, 0.5) is 0 Å². The SMILES string of the molecule is [2H]c1c([2H])c(-c2cccc3oc4ccccc4c23)c2c(oc3c([2H])c(-c4nc(-c5ccccc5)nc(-c5ccccc5)n4)c([2H])c([2H])c32)c1[2H]. The topological polar surface area (TPSA) is 65.0 Å². The predicted octanol–water partition coefficient (Wildman–Crippen LogP) is 10.3. The van der Waals surface area contributed by atoms with Crippen LogP contribution < -0.4 is 0 Å². The van der Waals surface area contributed by atoms with Gasteiger partial charge in [0.05, 0.1) is 8.22 Å². The summed E-state index contributed by atoms with van der Waals surface area (Å²) in [5.74, 6) is 0.684. The second-order valence-electron chi connectivity index (χ2n) is 10.3. The number of fused-ring (bicyclic) bond motifs is 6. The van der Waals surface area contributed by atoms with Crippen molar-refractivity contribution in [3.8, 4) is 45.3 Å². The summed E-state index contributed by atoms with van der Waals surface area (Å²) >= 11 is 0. The van der Waals surface area contributed by atoms with Crippen LogP contribution in [0.2, 0.25) is 0 Å². The first kappa shape index (κ1) is 19.2. The van der Waals surface area contributed by atoms with Crippen molar-refractivity contribution in [2.24, 2.45) is 0 Å². The van der Waals surface area contributed by atoms with Crippen LogP contribution in [0.15, 0.2) is 148 Å². The summed E-state index contributed by atoms with van der Waals surface area (Å²) in [6.07, 6.45) is 0. The molecule has 5 heteroatoms. The van der Waals surface area contributed by atoms with Gasteiger partial charge in [-0.05, 0) is 41.4 Å². The third kappa shape index (κ3) is 3.91. The van der Waals surface area contributed by atoms with E-state index in [-0.39, 0.29) is 75.1 Å². The smallest absolute Gasteiger partial charge is 0.164 e. The van der Waals surface area contributed by atoms with E-state index < -0.39 is 0 Å². The van der Waals surface area contributed by atoms with E-state index in [9.17, 15) is 4.11 Å². The van der Waals surface area contributed by atoms with Crippen LogP contribution in [0, 0.1) is 0 Å². The molecule has 0 radical (unpaired) electrons. The number of para-hydroxylation sites is 1. The molecule has 0 saturated heterocycles. The van der Waals surface area contributed by atoms with E-state index in [4.69, 9.17) is 27.9 Å². The van der Waals surface area contributed by atoms with E-state index in [1.807, 2.05) is 91.0 Å². The van der Waals surface area contributed by atoms with Gasteiger partial charge in [-0.2, -0.15) is 0 Å². The van der Waals surface area contributed by atoms with Crippen LogP contribution in [-0.4, -0.2) is 15.0 Å². The second-order valence-corrected chi connectivity index (χ2v) is 10.3. The van der Waals surface area contributed by atoms with Crippen LogP contribution in [0.25, 0.3) is 89.2 Å². The zero-order valence-corrected chi connectivity index (χ0v) is 23.0. The fourth-order valence-corrected chi connectivity index (χ4v) is 5.66. The van der Waals surface area contributed by atoms with Crippen molar-refractivity contribution >= 4 is 43.9 Å². The first-order valence-corrected chi connectivity index (χ1v) is 14.1. The van der Waals surface area contributed by atoms with Gasteiger partial charge in [0.2, 0.25) is 0 Å². The van der Waals surface area contributed by atoms with Crippen molar-refractivity contribution in [1.29, 1.82) is 0 Å². The number of furan rings is 2. The highest BCUT2D eigenvalue weighted by Crippen LogP contribution is 2.42. The first-order valence-electron chi connectivity index (χ1n) is 17.1. The number of benzene rings is 6. The zero-order valence-electron chi connectivity index (χ0n) is 29.0. The Bertz CT molecular complexity index is 2780. The van der Waals surface area contributed by atoms with Crippen LogP contribution in [0.1, 0.15) is 8.22 Å². The van der Waals surface area contributed by atoms with Crippen LogP contribution >= 0.6 is 0 Å². The van der Waals surface area contributed by atoms with E-state index in [1.165, 1.54) is 0 Å². The fourth-order valence-electron chi connectivity index (χ4n) is 5.66. The quantitative estimate of drug-likeness (QED) is 0.210. The van der Waals surface area contributed by atoms with E-state index in [0.29, 0.717) is 44.9 Å². The lowest BCUT2D eigenvalue weighted by Gasteiger charge is -2.08. The Morgan fingerprint density at radius 3 is 1.80 bits per heavy atom. The highest BCUT2D eigenvalue weighted by molar-refractivity contribution is 6.19. The molecule has 0 N–H and O–H groups in total. The zero-order chi connectivity index (χ0) is 34.3. The summed E-state index contributed by atoms with van der Waals surface area (Å²) in [4.78, 5) is 14.1. The van der Waals surface area contributed by atoms with Gasteiger partial charge >= 0.3 is 0 Å². The van der Waals surface area contributed by atoms with Gasteiger partial charge in [-0.15, -0.1) is 0 Å². The molecule has 0 unspecified atom stereocenters. The maximum atomic E-state index is 9.40. The minimum atomic E-state index is -0.363. The minimum Gasteiger partial charge on any atom is -0.456 e. The molecule has 9 rings (SSSR count). The molecule has 3 heterocycles. The minimum absolute atomic E-state index is 0.0203. The molecule has 0 fully saturated rings. The van der Waals surface area contributed by atoms with Gasteiger partial charge in [0.1, 0.15) is 22.3 Å². The third-order valence-corrected chi connectivity index (χ3v) is 7.67. The molecule has 0 saturated carbocycles. The lowest BCUT2D eigenvalue weighted by Crippen LogP contribution is -2.00. The molecule has 0 aliphatic heterocycles. The molecule has 206 valence electrons. The summed E-state index contributed by atoms with van der Waals surface area (Å²) in [5, 5.41) is 1.82. The Morgan fingerprint density at radius 1 is 0.432 bits per heavy atom. The molecule has 0 aliphatic rings. The Hall–Kier alpha value is -6.07. The van der Waals surface area contributed by atoms with Crippen molar-refractivity contribution in [2.75, 3.05) is 0 Å². The average Bonchev–Trinajstić information content (AvgIpc) is 3.74. The molecule has 44 heavy (non-hydrogen) atoms. The Labute approximate surface area is 260 Å². The molecule has 5 nitrogen and oxygen atoms in total. The molecule has 0 spiro atoms. The summed E-state index contributed by atoms with van der Waals surface area (Å²) in [6.45, 7) is 0. The highest BCUT2D eigenvalue weighted by Gasteiger charge is 2.19. The Morgan fingerprint density at radius 2 is 1.05 bits per heavy atom. The van der Waals surface area contributed by atoms with Gasteiger partial charge < -0.3 is 8.83 Å². The van der Waals surface area contributed by atoms with Gasteiger partial charge in [0, 0.05) is 38.2 Å². The number of aromatic nitrogens is 3. The maximum absolute atomic E-state index is 9.40. The molecule has 3 aromatic heterocycles. The Kier molecular flexibility index (Phi) is 4.25. The van der Waals surface area contributed by atoms with Crippen molar-refractivity contribution in [3.63, 3.8) is 0 Å². The lowest BCUT2D eigenvalue weighted by atomic mass is 9.95. The molecule has 0 bridgehead atoms. The van der Waals surface area contributed by atoms with Crippen molar-refractivity contribution in [3.05, 3.63) is 139 Å². The molecule has 0 aliphatic carbocycles. The molecular weight excluding hydrogens is 542 g/mol. The van der Waals surface area contributed by atoms with Gasteiger partial charge in [0.25, 0.3) is 0 Å². The van der Waals surface area contributed by atoms with Gasteiger partial charge in [0.15, 0.2) is 17.5 Å². The van der Waals surface area contributed by atoms with Crippen molar-refractivity contribution < 1.29 is 17.1 Å². The van der Waals surface area contributed by atoms with Crippen molar-refractivity contribution in [2.45, 2.75) is 0 Å². The molecule has 6 aromatic carbocycles. The second kappa shape index (κ2) is 9.75. The van der Waals surface area contributed by atoms with E-state index >= 15 is 0 Å². The summed E-state index contributed by atoms with van der Waals surface area (Å²) in [6, 6.07) is 29.7. The lowest BCUT2D eigenvalue weighted by molar-refractivity contribution is 0.668.